The molecule has 2 N–H and O–H groups in total. The molecule has 1 amide bonds. The number of thioether (sulfide) groups is 1. The number of rotatable bonds is 8. The third kappa shape index (κ3) is 10.9. The summed E-state index contributed by atoms with van der Waals surface area (Å²) < 4.78 is 17.7. The predicted molar refractivity (Wildman–Crippen MR) is 110 cm³/mol. The molecular weight excluding hydrogens is 434 g/mol. The molecule has 0 bridgehead atoms. The molecule has 11 nitrogen and oxygen atoms in total. The lowest BCUT2D eigenvalue weighted by molar-refractivity contribution is -0.162. The van der Waals surface area contributed by atoms with Crippen LogP contribution in [0, 0.1) is 10.8 Å². The van der Waals surface area contributed by atoms with E-state index in [0.29, 0.717) is 11.8 Å². The average molecular weight is 466 g/mol. The van der Waals surface area contributed by atoms with E-state index in [0.717, 1.165) is 0 Å². The van der Waals surface area contributed by atoms with E-state index in [4.69, 9.17) is 14.2 Å². The van der Waals surface area contributed by atoms with Crippen LogP contribution < -0.4 is 5.32 Å². The monoisotopic (exact) mass is 465 g/mol. The summed E-state index contributed by atoms with van der Waals surface area (Å²) in [6.45, 7) is 11.1. The Morgan fingerprint density at radius 2 is 1.19 bits per heavy atom. The van der Waals surface area contributed by atoms with Crippen molar-refractivity contribution in [3.05, 3.63) is 0 Å². The first-order valence-corrected chi connectivity index (χ1v) is 10.1. The lowest BCUT2D eigenvalue weighted by Crippen LogP contribution is -2.53. The van der Waals surface area contributed by atoms with Gasteiger partial charge in [0, 0.05) is 0 Å². The van der Waals surface area contributed by atoms with Crippen molar-refractivity contribution >= 4 is 41.1 Å². The Labute approximate surface area is 185 Å². The molecular formula is C19H31NO10S. The molecule has 0 radical (unpaired) electrons. The van der Waals surface area contributed by atoms with Crippen LogP contribution in [-0.2, 0) is 33.3 Å². The summed E-state index contributed by atoms with van der Waals surface area (Å²) in [5.74, 6) is -2.63. The zero-order valence-electron chi connectivity index (χ0n) is 19.0. The smallest absolute Gasteiger partial charge is 0.410 e. The fourth-order valence-electron chi connectivity index (χ4n) is 1.70. The van der Waals surface area contributed by atoms with E-state index in [1.165, 1.54) is 13.8 Å². The van der Waals surface area contributed by atoms with Crippen LogP contribution in [-0.4, -0.2) is 58.8 Å². The van der Waals surface area contributed by atoms with Crippen molar-refractivity contribution in [1.82, 2.24) is 5.32 Å². The van der Waals surface area contributed by atoms with E-state index in [1.807, 2.05) is 0 Å². The molecule has 0 aromatic rings. The summed E-state index contributed by atoms with van der Waals surface area (Å²) in [4.78, 5) is 58.8. The molecule has 0 saturated carbocycles. The van der Waals surface area contributed by atoms with Gasteiger partial charge in [0.1, 0.15) is 6.04 Å². The minimum atomic E-state index is -1.56. The number of amides is 1. The number of esters is 2. The first-order valence-electron chi connectivity index (χ1n) is 9.24. The normalized spacial score (nSPS) is 12.9. The lowest BCUT2D eigenvalue weighted by atomic mass is 9.97. The zero-order chi connectivity index (χ0) is 24.6. The van der Waals surface area contributed by atoms with Crippen LogP contribution in [0.3, 0.4) is 0 Å². The van der Waals surface area contributed by atoms with Crippen LogP contribution in [0.4, 0.5) is 9.59 Å². The van der Waals surface area contributed by atoms with E-state index < -0.39 is 64.5 Å². The SMILES string of the molecule is CC(C)(C)C(=O)OCOC(=O)NC(C(=O)O)C(C)(C)SC(=O)OCOC(=O)C(C)(C)C. The van der Waals surface area contributed by atoms with Gasteiger partial charge in [0.25, 0.3) is 0 Å². The summed E-state index contributed by atoms with van der Waals surface area (Å²) in [6, 6.07) is -1.56. The zero-order valence-corrected chi connectivity index (χ0v) is 19.8. The molecule has 31 heavy (non-hydrogen) atoms. The first kappa shape index (κ1) is 28.5. The molecule has 0 aliphatic rings. The van der Waals surface area contributed by atoms with Crippen LogP contribution in [0.5, 0.6) is 0 Å². The largest absolute Gasteiger partial charge is 0.480 e. The number of carboxylic acid groups (broad SMARTS) is 1. The van der Waals surface area contributed by atoms with Gasteiger partial charge in [-0.05, 0) is 67.2 Å². The van der Waals surface area contributed by atoms with Crippen molar-refractivity contribution in [3.63, 3.8) is 0 Å². The molecule has 1 unspecified atom stereocenters. The second kappa shape index (κ2) is 11.2. The second-order valence-electron chi connectivity index (χ2n) is 9.05. The fourth-order valence-corrected chi connectivity index (χ4v) is 2.51. The Kier molecular flexibility index (Phi) is 10.3. The van der Waals surface area contributed by atoms with Crippen molar-refractivity contribution in [2.24, 2.45) is 10.8 Å². The van der Waals surface area contributed by atoms with Gasteiger partial charge in [-0.25, -0.2) is 14.4 Å². The Morgan fingerprint density at radius 3 is 1.58 bits per heavy atom. The minimum absolute atomic E-state index is 0.483. The maximum absolute atomic E-state index is 12.0. The summed E-state index contributed by atoms with van der Waals surface area (Å²) in [5.41, 5.74) is -1.58. The van der Waals surface area contributed by atoms with Gasteiger partial charge in [-0.1, -0.05) is 0 Å². The van der Waals surface area contributed by atoms with Crippen LogP contribution >= 0.6 is 11.8 Å². The molecule has 0 fully saturated rings. The summed E-state index contributed by atoms with van der Waals surface area (Å²) in [5, 5.41) is 10.6. The molecule has 0 rings (SSSR count). The van der Waals surface area contributed by atoms with Crippen molar-refractivity contribution in [3.8, 4) is 0 Å². The van der Waals surface area contributed by atoms with Crippen LogP contribution in [0.25, 0.3) is 0 Å². The lowest BCUT2D eigenvalue weighted by Gasteiger charge is -2.29. The van der Waals surface area contributed by atoms with Gasteiger partial charge in [-0.15, -0.1) is 0 Å². The highest BCUT2D eigenvalue weighted by Crippen LogP contribution is 2.30. The number of hydrogen-bond acceptors (Lipinski definition) is 10. The summed E-state index contributed by atoms with van der Waals surface area (Å²) in [7, 11) is 0. The third-order valence-corrected chi connectivity index (χ3v) is 4.57. The second-order valence-corrected chi connectivity index (χ2v) is 10.6. The highest BCUT2D eigenvalue weighted by Gasteiger charge is 2.40. The Balaban J connectivity index is 4.75. The summed E-state index contributed by atoms with van der Waals surface area (Å²) >= 11 is 0.483. The van der Waals surface area contributed by atoms with Crippen LogP contribution in [0.2, 0.25) is 0 Å². The number of ether oxygens (including phenoxy) is 4. The van der Waals surface area contributed by atoms with Crippen LogP contribution in [0.15, 0.2) is 0 Å². The molecule has 12 heteroatoms. The standard InChI is InChI=1S/C19H31NO10S/c1-17(2,3)13(23)27-9-29-15(25)20-11(12(21)22)19(7,8)31-16(26)30-10-28-14(24)18(4,5)6/h11H,9-10H2,1-8H3,(H,20,25)(H,21,22). The molecule has 0 heterocycles. The first-order chi connectivity index (χ1) is 13.9. The minimum Gasteiger partial charge on any atom is -0.480 e. The van der Waals surface area contributed by atoms with Gasteiger partial charge >= 0.3 is 29.3 Å². The van der Waals surface area contributed by atoms with E-state index >= 15 is 0 Å². The summed E-state index contributed by atoms with van der Waals surface area (Å²) in [6.07, 6.45) is -1.16. The number of carbonyl (C=O) groups excluding carboxylic acids is 4. The fraction of sp³-hybridized carbons (Fsp3) is 0.737. The van der Waals surface area contributed by atoms with Gasteiger partial charge in [-0.3, -0.25) is 9.59 Å². The third-order valence-electron chi connectivity index (χ3n) is 3.52. The Hall–Kier alpha value is -2.50. The van der Waals surface area contributed by atoms with Crippen LogP contribution in [0.1, 0.15) is 55.4 Å². The molecule has 0 aliphatic heterocycles. The molecule has 0 spiro atoms. The molecule has 0 aromatic heterocycles. The highest BCUT2D eigenvalue weighted by atomic mass is 32.2. The average Bonchev–Trinajstić information content (AvgIpc) is 2.56. The predicted octanol–water partition coefficient (Wildman–Crippen LogP) is 2.91. The van der Waals surface area contributed by atoms with Crippen molar-refractivity contribution < 1.29 is 48.0 Å². The number of hydrogen-bond donors (Lipinski definition) is 2. The number of carboxylic acids is 1. The molecule has 0 aromatic carbocycles. The van der Waals surface area contributed by atoms with Gasteiger partial charge in [-0.2, -0.15) is 0 Å². The molecule has 0 saturated heterocycles. The van der Waals surface area contributed by atoms with Gasteiger partial charge in [0.15, 0.2) is 0 Å². The maximum atomic E-state index is 12.0. The van der Waals surface area contributed by atoms with Gasteiger partial charge in [0.2, 0.25) is 13.6 Å². The topological polar surface area (TPSA) is 155 Å². The van der Waals surface area contributed by atoms with E-state index in [1.54, 1.807) is 41.5 Å². The Morgan fingerprint density at radius 1 is 0.774 bits per heavy atom. The van der Waals surface area contributed by atoms with Gasteiger partial charge in [0.05, 0.1) is 15.6 Å². The maximum Gasteiger partial charge on any atom is 0.410 e. The Bertz CT molecular complexity index is 691. The number of carbonyl (C=O) groups is 5. The van der Waals surface area contributed by atoms with E-state index in [-0.39, 0.29) is 0 Å². The molecule has 178 valence electrons. The molecule has 0 aliphatic carbocycles. The number of alkyl carbamates (subject to hydrolysis) is 1. The van der Waals surface area contributed by atoms with Crippen molar-refractivity contribution in [2.75, 3.05) is 13.6 Å². The van der Waals surface area contributed by atoms with E-state index in [9.17, 15) is 29.1 Å². The van der Waals surface area contributed by atoms with Crippen molar-refractivity contribution in [1.29, 1.82) is 0 Å². The number of nitrogens with one attached hydrogen (secondary N) is 1. The van der Waals surface area contributed by atoms with Gasteiger partial charge < -0.3 is 29.4 Å². The number of aliphatic carboxylic acids is 1. The highest BCUT2D eigenvalue weighted by molar-refractivity contribution is 8.14. The van der Waals surface area contributed by atoms with Crippen molar-refractivity contribution in [2.45, 2.75) is 66.2 Å². The van der Waals surface area contributed by atoms with E-state index in [2.05, 4.69) is 10.1 Å². The quantitative estimate of drug-likeness (QED) is 0.401. The molecule has 1 atom stereocenters.